The number of tetrazole rings is 1. The minimum atomic E-state index is -0.793. The summed E-state index contributed by atoms with van der Waals surface area (Å²) in [5.74, 6) is 0.595. The standard InChI is InChI=1S/C12H18N4O3/c17-11(18)6-10(8-3-4-8)16-12(13-14-15-16)9-2-1-5-19-7-9/h8-10H,1-7H2,(H,17,18). The summed E-state index contributed by atoms with van der Waals surface area (Å²) in [6, 6.07) is -0.107. The molecule has 2 unspecified atom stereocenters. The van der Waals surface area contributed by atoms with Crippen LogP contribution in [0.3, 0.4) is 0 Å². The fourth-order valence-electron chi connectivity index (χ4n) is 2.76. The lowest BCUT2D eigenvalue weighted by Gasteiger charge is -2.23. The van der Waals surface area contributed by atoms with Crippen LogP contribution >= 0.6 is 0 Å². The van der Waals surface area contributed by atoms with E-state index in [1.54, 1.807) is 4.68 Å². The quantitative estimate of drug-likeness (QED) is 0.854. The number of hydrogen-bond acceptors (Lipinski definition) is 5. The van der Waals surface area contributed by atoms with Crippen LogP contribution in [0.25, 0.3) is 0 Å². The predicted octanol–water partition coefficient (Wildman–Crippen LogP) is 0.993. The fraction of sp³-hybridized carbons (Fsp3) is 0.833. The maximum atomic E-state index is 11.0. The molecular formula is C12H18N4O3. The molecule has 2 fully saturated rings. The summed E-state index contributed by atoms with van der Waals surface area (Å²) in [7, 11) is 0. The van der Waals surface area contributed by atoms with Crippen LogP contribution in [0.2, 0.25) is 0 Å². The van der Waals surface area contributed by atoms with Crippen molar-refractivity contribution in [1.82, 2.24) is 20.2 Å². The molecule has 1 N–H and O–H groups in total. The zero-order valence-corrected chi connectivity index (χ0v) is 10.7. The summed E-state index contributed by atoms with van der Waals surface area (Å²) < 4.78 is 7.21. The van der Waals surface area contributed by atoms with Gasteiger partial charge in [0, 0.05) is 12.5 Å². The van der Waals surface area contributed by atoms with Crippen LogP contribution < -0.4 is 0 Å². The molecule has 7 heteroatoms. The Labute approximate surface area is 110 Å². The van der Waals surface area contributed by atoms with Gasteiger partial charge in [-0.05, 0) is 42.0 Å². The molecule has 0 bridgehead atoms. The molecule has 104 valence electrons. The van der Waals surface area contributed by atoms with Crippen molar-refractivity contribution >= 4 is 5.97 Å². The Bertz CT molecular complexity index is 452. The molecule has 1 saturated heterocycles. The molecule has 2 atom stereocenters. The molecule has 3 rings (SSSR count). The zero-order valence-electron chi connectivity index (χ0n) is 10.7. The van der Waals surface area contributed by atoms with Gasteiger partial charge in [0.1, 0.15) is 0 Å². The molecule has 2 aliphatic rings. The second-order valence-electron chi connectivity index (χ2n) is 5.40. The number of carboxylic acids is 1. The maximum Gasteiger partial charge on any atom is 0.305 e. The van der Waals surface area contributed by atoms with E-state index in [0.29, 0.717) is 12.5 Å². The molecule has 7 nitrogen and oxygen atoms in total. The highest BCUT2D eigenvalue weighted by Crippen LogP contribution is 2.42. The van der Waals surface area contributed by atoms with Crippen molar-refractivity contribution in [3.63, 3.8) is 0 Å². The molecule has 1 aliphatic heterocycles. The van der Waals surface area contributed by atoms with E-state index < -0.39 is 5.97 Å². The van der Waals surface area contributed by atoms with E-state index in [0.717, 1.165) is 38.1 Å². The first-order valence-corrected chi connectivity index (χ1v) is 6.83. The van der Waals surface area contributed by atoms with Gasteiger partial charge in [-0.1, -0.05) is 0 Å². The summed E-state index contributed by atoms with van der Waals surface area (Å²) >= 11 is 0. The number of rotatable bonds is 5. The van der Waals surface area contributed by atoms with Gasteiger partial charge < -0.3 is 9.84 Å². The minimum absolute atomic E-state index is 0.0935. The molecule has 0 radical (unpaired) electrons. The molecule has 19 heavy (non-hydrogen) atoms. The Hall–Kier alpha value is -1.50. The van der Waals surface area contributed by atoms with Gasteiger partial charge in [0.2, 0.25) is 0 Å². The molecule has 1 saturated carbocycles. The summed E-state index contributed by atoms with van der Waals surface area (Å²) in [5, 5.41) is 21.0. The Morgan fingerprint density at radius 2 is 2.32 bits per heavy atom. The van der Waals surface area contributed by atoms with Gasteiger partial charge in [-0.2, -0.15) is 0 Å². The SMILES string of the molecule is O=C(O)CC(C1CC1)n1nnnc1C1CCCOC1. The normalized spacial score (nSPS) is 25.2. The first kappa shape index (κ1) is 12.5. The number of carbonyl (C=O) groups is 1. The third kappa shape index (κ3) is 2.75. The smallest absolute Gasteiger partial charge is 0.305 e. The van der Waals surface area contributed by atoms with Gasteiger partial charge in [-0.15, -0.1) is 5.10 Å². The molecule has 0 aromatic carbocycles. The van der Waals surface area contributed by atoms with Gasteiger partial charge in [0.25, 0.3) is 0 Å². The highest BCUT2D eigenvalue weighted by Gasteiger charge is 2.37. The monoisotopic (exact) mass is 266 g/mol. The molecule has 0 spiro atoms. The lowest BCUT2D eigenvalue weighted by atomic mass is 10.0. The van der Waals surface area contributed by atoms with Crippen molar-refractivity contribution in [1.29, 1.82) is 0 Å². The summed E-state index contributed by atoms with van der Waals surface area (Å²) in [4.78, 5) is 11.0. The van der Waals surface area contributed by atoms with Crippen LogP contribution in [0.1, 0.15) is 49.9 Å². The minimum Gasteiger partial charge on any atom is -0.481 e. The van der Waals surface area contributed by atoms with Crippen LogP contribution in [-0.2, 0) is 9.53 Å². The molecule has 0 amide bonds. The summed E-state index contributed by atoms with van der Waals surface area (Å²) in [5.41, 5.74) is 0. The van der Waals surface area contributed by atoms with Crippen LogP contribution in [0.15, 0.2) is 0 Å². The fourth-order valence-corrected chi connectivity index (χ4v) is 2.76. The zero-order chi connectivity index (χ0) is 13.2. The van der Waals surface area contributed by atoms with Crippen molar-refractivity contribution in [2.45, 2.75) is 44.1 Å². The Kier molecular flexibility index (Phi) is 3.46. The molecule has 1 aromatic rings. The van der Waals surface area contributed by atoms with Crippen LogP contribution in [0.5, 0.6) is 0 Å². The lowest BCUT2D eigenvalue weighted by Crippen LogP contribution is -2.24. The van der Waals surface area contributed by atoms with E-state index in [1.807, 2.05) is 0 Å². The van der Waals surface area contributed by atoms with E-state index in [9.17, 15) is 4.79 Å². The van der Waals surface area contributed by atoms with Gasteiger partial charge in [0.15, 0.2) is 5.82 Å². The number of carboxylic acid groups (broad SMARTS) is 1. The maximum absolute atomic E-state index is 11.0. The second kappa shape index (κ2) is 5.24. The first-order chi connectivity index (χ1) is 9.25. The number of aromatic nitrogens is 4. The summed E-state index contributed by atoms with van der Waals surface area (Å²) in [6.07, 6.45) is 4.24. The number of aliphatic carboxylic acids is 1. The Balaban J connectivity index is 1.82. The first-order valence-electron chi connectivity index (χ1n) is 6.83. The largest absolute Gasteiger partial charge is 0.481 e. The average molecular weight is 266 g/mol. The molecule has 1 aromatic heterocycles. The Morgan fingerprint density at radius 3 is 2.95 bits per heavy atom. The third-order valence-electron chi connectivity index (χ3n) is 3.91. The number of nitrogens with zero attached hydrogens (tertiary/aromatic N) is 4. The van der Waals surface area contributed by atoms with Crippen molar-refractivity contribution in [2.75, 3.05) is 13.2 Å². The van der Waals surface area contributed by atoms with E-state index >= 15 is 0 Å². The van der Waals surface area contributed by atoms with E-state index in [1.165, 1.54) is 0 Å². The van der Waals surface area contributed by atoms with Gasteiger partial charge in [0.05, 0.1) is 19.1 Å². The van der Waals surface area contributed by atoms with Crippen molar-refractivity contribution < 1.29 is 14.6 Å². The molecule has 1 aliphatic carbocycles. The van der Waals surface area contributed by atoms with Gasteiger partial charge in [-0.25, -0.2) is 4.68 Å². The van der Waals surface area contributed by atoms with Crippen molar-refractivity contribution in [3.8, 4) is 0 Å². The Morgan fingerprint density at radius 1 is 1.47 bits per heavy atom. The van der Waals surface area contributed by atoms with Crippen LogP contribution in [-0.4, -0.2) is 44.5 Å². The third-order valence-corrected chi connectivity index (χ3v) is 3.91. The lowest BCUT2D eigenvalue weighted by molar-refractivity contribution is -0.138. The highest BCUT2D eigenvalue weighted by atomic mass is 16.5. The number of hydrogen-bond donors (Lipinski definition) is 1. The molecular weight excluding hydrogens is 248 g/mol. The van der Waals surface area contributed by atoms with E-state index in [4.69, 9.17) is 9.84 Å². The predicted molar refractivity (Wildman–Crippen MR) is 64.6 cm³/mol. The molecule has 2 heterocycles. The van der Waals surface area contributed by atoms with Crippen LogP contribution in [0, 0.1) is 5.92 Å². The summed E-state index contributed by atoms with van der Waals surface area (Å²) in [6.45, 7) is 1.42. The van der Waals surface area contributed by atoms with Crippen molar-refractivity contribution in [2.24, 2.45) is 5.92 Å². The number of ether oxygens (including phenoxy) is 1. The van der Waals surface area contributed by atoms with Gasteiger partial charge >= 0.3 is 5.97 Å². The average Bonchev–Trinajstić information content (AvgIpc) is 3.14. The highest BCUT2D eigenvalue weighted by molar-refractivity contribution is 5.67. The van der Waals surface area contributed by atoms with E-state index in [-0.39, 0.29) is 18.4 Å². The van der Waals surface area contributed by atoms with Crippen LogP contribution in [0.4, 0.5) is 0 Å². The second-order valence-corrected chi connectivity index (χ2v) is 5.40. The van der Waals surface area contributed by atoms with E-state index in [2.05, 4.69) is 15.5 Å². The topological polar surface area (TPSA) is 90.1 Å². The van der Waals surface area contributed by atoms with Gasteiger partial charge in [-0.3, -0.25) is 4.79 Å². The van der Waals surface area contributed by atoms with Crippen molar-refractivity contribution in [3.05, 3.63) is 5.82 Å².